The van der Waals surface area contributed by atoms with Crippen molar-refractivity contribution in [2.45, 2.75) is 44.8 Å². The van der Waals surface area contributed by atoms with Crippen LogP contribution < -0.4 is 5.56 Å². The molecule has 1 aromatic rings. The van der Waals surface area contributed by atoms with Gasteiger partial charge in [-0.3, -0.25) is 14.4 Å². The number of carbonyl (C=O) groups excluding carboxylic acids is 2. The summed E-state index contributed by atoms with van der Waals surface area (Å²) in [5.41, 5.74) is 1.07. The molecular weight excluding hydrogens is 360 g/mol. The summed E-state index contributed by atoms with van der Waals surface area (Å²) in [6.07, 6.45) is 6.13. The largest absolute Gasteiger partial charge is 0.469 e. The van der Waals surface area contributed by atoms with Gasteiger partial charge in [0.25, 0.3) is 5.56 Å². The fraction of sp³-hybridized carbons (Fsp3) is 0.571. The highest BCUT2D eigenvalue weighted by molar-refractivity contribution is 5.82. The van der Waals surface area contributed by atoms with Crippen molar-refractivity contribution in [3.05, 3.63) is 39.8 Å². The van der Waals surface area contributed by atoms with Gasteiger partial charge in [0.15, 0.2) is 0 Å². The zero-order valence-corrected chi connectivity index (χ0v) is 16.2. The third-order valence-electron chi connectivity index (χ3n) is 6.34. The zero-order chi connectivity index (χ0) is 20.0. The van der Waals surface area contributed by atoms with Crippen molar-refractivity contribution in [3.63, 3.8) is 0 Å². The number of aromatic nitrogens is 1. The van der Waals surface area contributed by atoms with E-state index in [2.05, 4.69) is 0 Å². The number of nitrogens with zero attached hydrogens (tertiary/aromatic N) is 2. The summed E-state index contributed by atoms with van der Waals surface area (Å²) in [7, 11) is 1.32. The molecule has 1 aliphatic carbocycles. The summed E-state index contributed by atoms with van der Waals surface area (Å²) < 4.78 is 6.68. The maximum Gasteiger partial charge on any atom is 0.311 e. The van der Waals surface area contributed by atoms with E-state index in [9.17, 15) is 19.5 Å². The van der Waals surface area contributed by atoms with Gasteiger partial charge in [0, 0.05) is 36.7 Å². The average Bonchev–Trinajstić information content (AvgIpc) is 3.46. The molecule has 0 radical (unpaired) electrons. The normalized spacial score (nSPS) is 28.5. The molecule has 1 saturated heterocycles. The number of pyridine rings is 1. The number of rotatable bonds is 5. The highest BCUT2D eigenvalue weighted by atomic mass is 16.5. The van der Waals surface area contributed by atoms with Gasteiger partial charge in [-0.2, -0.15) is 0 Å². The minimum Gasteiger partial charge on any atom is -0.469 e. The lowest BCUT2D eigenvalue weighted by molar-refractivity contribution is -0.148. The Balaban J connectivity index is 1.83. The number of esters is 1. The molecule has 1 amide bonds. The Hall–Kier alpha value is -2.41. The van der Waals surface area contributed by atoms with E-state index in [-0.39, 0.29) is 24.6 Å². The molecule has 0 spiro atoms. The van der Waals surface area contributed by atoms with Crippen molar-refractivity contribution in [1.82, 2.24) is 9.47 Å². The third-order valence-corrected chi connectivity index (χ3v) is 6.34. The lowest BCUT2D eigenvalue weighted by Crippen LogP contribution is -2.49. The van der Waals surface area contributed by atoms with Crippen LogP contribution in [0, 0.1) is 17.8 Å². The fourth-order valence-corrected chi connectivity index (χ4v) is 4.85. The van der Waals surface area contributed by atoms with Crippen LogP contribution in [0.15, 0.2) is 23.0 Å². The molecular formula is C21H26N2O5. The van der Waals surface area contributed by atoms with Gasteiger partial charge in [-0.1, -0.05) is 12.2 Å². The van der Waals surface area contributed by atoms with Crippen LogP contribution in [0.3, 0.4) is 0 Å². The molecule has 4 atom stereocenters. The molecule has 3 aliphatic rings. The van der Waals surface area contributed by atoms with Crippen molar-refractivity contribution in [1.29, 1.82) is 0 Å². The van der Waals surface area contributed by atoms with E-state index >= 15 is 0 Å². The average molecular weight is 386 g/mol. The summed E-state index contributed by atoms with van der Waals surface area (Å²) in [5.74, 6) is -1.17. The van der Waals surface area contributed by atoms with Crippen molar-refractivity contribution in [2.75, 3.05) is 13.7 Å². The molecule has 1 saturated carbocycles. The quantitative estimate of drug-likeness (QED) is 0.772. The number of aliphatic hydroxyl groups is 1. The predicted octanol–water partition coefficient (Wildman–Crippen LogP) is 1.34. The van der Waals surface area contributed by atoms with E-state index in [1.54, 1.807) is 27.7 Å². The van der Waals surface area contributed by atoms with Gasteiger partial charge in [-0.25, -0.2) is 0 Å². The highest BCUT2D eigenvalue weighted by Gasteiger charge is 2.58. The summed E-state index contributed by atoms with van der Waals surface area (Å²) in [6, 6.07) is 2.59. The molecule has 3 heterocycles. The smallest absolute Gasteiger partial charge is 0.311 e. The Labute approximate surface area is 163 Å². The number of amides is 1. The Morgan fingerprint density at radius 1 is 1.32 bits per heavy atom. The molecule has 2 fully saturated rings. The van der Waals surface area contributed by atoms with Crippen LogP contribution >= 0.6 is 0 Å². The van der Waals surface area contributed by atoms with Gasteiger partial charge < -0.3 is 19.3 Å². The number of methoxy groups -OCH3 is 1. The number of aliphatic hydroxyl groups excluding tert-OH is 1. The first-order chi connectivity index (χ1) is 13.5. The van der Waals surface area contributed by atoms with E-state index < -0.39 is 29.9 Å². The molecule has 7 nitrogen and oxygen atoms in total. The molecule has 7 heteroatoms. The third kappa shape index (κ3) is 2.89. The van der Waals surface area contributed by atoms with Crippen LogP contribution in [0.25, 0.3) is 6.08 Å². The van der Waals surface area contributed by atoms with Crippen molar-refractivity contribution < 1.29 is 19.4 Å². The molecule has 0 aromatic carbocycles. The number of fused-ring (bicyclic) bond motifs is 4. The summed E-state index contributed by atoms with van der Waals surface area (Å²) in [6.45, 7) is 1.89. The number of carbonyl (C=O) groups is 2. The van der Waals surface area contributed by atoms with Crippen molar-refractivity contribution in [3.8, 4) is 0 Å². The Morgan fingerprint density at radius 3 is 2.68 bits per heavy atom. The second kappa shape index (κ2) is 7.20. The van der Waals surface area contributed by atoms with Crippen molar-refractivity contribution in [2.24, 2.45) is 17.8 Å². The van der Waals surface area contributed by atoms with E-state index in [4.69, 9.17) is 4.74 Å². The summed E-state index contributed by atoms with van der Waals surface area (Å²) in [4.78, 5) is 40.4. The molecule has 2 bridgehead atoms. The maximum absolute atomic E-state index is 13.1. The first-order valence-electron chi connectivity index (χ1n) is 9.88. The van der Waals surface area contributed by atoms with E-state index in [0.29, 0.717) is 23.6 Å². The molecule has 4 rings (SSSR count). The summed E-state index contributed by atoms with van der Waals surface area (Å²) in [5, 5.41) is 10.1. The topological polar surface area (TPSA) is 88.8 Å². The lowest BCUT2D eigenvalue weighted by Gasteiger charge is -2.38. The monoisotopic (exact) mass is 386 g/mol. The van der Waals surface area contributed by atoms with E-state index in [0.717, 1.165) is 12.8 Å². The van der Waals surface area contributed by atoms with Crippen LogP contribution in [0.2, 0.25) is 0 Å². The van der Waals surface area contributed by atoms with Crippen LogP contribution in [0.5, 0.6) is 0 Å². The van der Waals surface area contributed by atoms with Crippen LogP contribution in [0.4, 0.5) is 0 Å². The minimum absolute atomic E-state index is 0.00131. The van der Waals surface area contributed by atoms with Crippen LogP contribution in [-0.2, 0) is 20.9 Å². The van der Waals surface area contributed by atoms with Gasteiger partial charge >= 0.3 is 5.97 Å². The molecule has 150 valence electrons. The van der Waals surface area contributed by atoms with Gasteiger partial charge in [0.2, 0.25) is 5.91 Å². The first kappa shape index (κ1) is 18.9. The van der Waals surface area contributed by atoms with E-state index in [1.165, 1.54) is 7.11 Å². The Kier molecular flexibility index (Phi) is 4.87. The number of hydrogen-bond donors (Lipinski definition) is 1. The first-order valence-corrected chi connectivity index (χ1v) is 9.88. The zero-order valence-electron chi connectivity index (χ0n) is 16.2. The standard InChI is InChI=1S/C21H26N2O5/c1-3-4-13-7-8-15-19-18(21(27)28-2)14(11-24)16(10-22(15)20(13)26)23(19)17(25)9-12-5-6-12/h3-4,7-8,12,14,16,18-19,24H,5-6,9-11H2,1-2H3/b4-3+/t14-,16-,18+,19+/m1/s1. The van der Waals surface area contributed by atoms with Gasteiger partial charge in [0.05, 0.1) is 25.1 Å². The molecule has 0 unspecified atom stereocenters. The van der Waals surface area contributed by atoms with Crippen LogP contribution in [0.1, 0.15) is 43.5 Å². The van der Waals surface area contributed by atoms with Gasteiger partial charge in [-0.15, -0.1) is 0 Å². The van der Waals surface area contributed by atoms with Gasteiger partial charge in [0.1, 0.15) is 0 Å². The minimum atomic E-state index is -0.677. The lowest BCUT2D eigenvalue weighted by atomic mass is 9.87. The molecule has 28 heavy (non-hydrogen) atoms. The SMILES string of the molecule is C/C=C/c1ccc2n(c1=O)C[C@@H]1[C@@H](CO)[C@H](C(=O)OC)[C@H]2N1C(=O)CC1CC1. The van der Waals surface area contributed by atoms with Crippen LogP contribution in [-0.4, -0.2) is 46.2 Å². The molecule has 1 N–H and O–H groups in total. The number of hydrogen-bond acceptors (Lipinski definition) is 5. The fourth-order valence-electron chi connectivity index (χ4n) is 4.85. The second-order valence-corrected chi connectivity index (χ2v) is 7.99. The van der Waals surface area contributed by atoms with E-state index in [1.807, 2.05) is 13.0 Å². The molecule has 2 aliphatic heterocycles. The number of ether oxygens (including phenoxy) is 1. The molecule has 1 aromatic heterocycles. The Bertz CT molecular complexity index is 885. The summed E-state index contributed by atoms with van der Waals surface area (Å²) >= 11 is 0. The highest BCUT2D eigenvalue weighted by Crippen LogP contribution is 2.49. The second-order valence-electron chi connectivity index (χ2n) is 7.99. The maximum atomic E-state index is 13.1. The predicted molar refractivity (Wildman–Crippen MR) is 102 cm³/mol. The number of allylic oxidation sites excluding steroid dienone is 1. The van der Waals surface area contributed by atoms with Gasteiger partial charge in [-0.05, 0) is 37.8 Å². The van der Waals surface area contributed by atoms with Crippen molar-refractivity contribution >= 4 is 18.0 Å². The Morgan fingerprint density at radius 2 is 2.07 bits per heavy atom.